The van der Waals surface area contributed by atoms with Gasteiger partial charge in [0, 0.05) is 0 Å². The summed E-state index contributed by atoms with van der Waals surface area (Å²) in [4.78, 5) is 0. The Morgan fingerprint density at radius 2 is 1.13 bits per heavy atom. The average molecular weight is 653 g/mol. The van der Waals surface area contributed by atoms with Crippen LogP contribution in [-0.4, -0.2) is 18.3 Å². The molecule has 0 radical (unpaired) electrons. The second-order valence-corrected chi connectivity index (χ2v) is 38.3. The van der Waals surface area contributed by atoms with Crippen molar-refractivity contribution in [2.75, 3.05) is 6.79 Å². The van der Waals surface area contributed by atoms with Gasteiger partial charge < -0.3 is 0 Å². The molecule has 2 aliphatic rings. The summed E-state index contributed by atoms with van der Waals surface area (Å²) >= 11 is -5.11. The van der Waals surface area contributed by atoms with E-state index in [1.807, 2.05) is 0 Å². The van der Waals surface area contributed by atoms with Crippen LogP contribution in [0.4, 0.5) is 0 Å². The van der Waals surface area contributed by atoms with Gasteiger partial charge in [-0.1, -0.05) is 0 Å². The summed E-state index contributed by atoms with van der Waals surface area (Å²) in [6.07, 6.45) is 0. The van der Waals surface area contributed by atoms with Gasteiger partial charge in [0.25, 0.3) is 0 Å². The Hall–Kier alpha value is -1.81. The first kappa shape index (κ1) is 27.4. The molecule has 0 bridgehead atoms. The van der Waals surface area contributed by atoms with Crippen molar-refractivity contribution in [3.05, 3.63) is 113 Å². The summed E-state index contributed by atoms with van der Waals surface area (Å²) in [5.74, 6) is 0.814. The average Bonchev–Trinajstić information content (AvgIpc) is 3.43. The molecule has 2 nitrogen and oxygen atoms in total. The van der Waals surface area contributed by atoms with E-state index in [4.69, 9.17) is 26.2 Å². The summed E-state index contributed by atoms with van der Waals surface area (Å²) in [5, 5.41) is 0. The van der Waals surface area contributed by atoms with E-state index in [0.717, 1.165) is 20.1 Å². The van der Waals surface area contributed by atoms with Crippen molar-refractivity contribution in [3.8, 4) is 28.0 Å². The van der Waals surface area contributed by atoms with E-state index >= 15 is 0 Å². The zero-order valence-electron chi connectivity index (χ0n) is 23.1. The Morgan fingerprint density at radius 1 is 0.667 bits per heavy atom. The predicted molar refractivity (Wildman–Crippen MR) is 165 cm³/mol. The van der Waals surface area contributed by atoms with E-state index in [1.54, 1.807) is 0 Å². The van der Waals surface area contributed by atoms with Gasteiger partial charge in [-0.2, -0.15) is 0 Å². The van der Waals surface area contributed by atoms with Gasteiger partial charge in [-0.15, -0.1) is 0 Å². The second kappa shape index (κ2) is 9.64. The topological polar surface area (TPSA) is 18.5 Å². The molecular formula is C33H34Cl2O2SiZr. The molecule has 4 aromatic carbocycles. The number of rotatable bonds is 6. The molecule has 0 aromatic heterocycles. The molecular weight excluding hydrogens is 619 g/mol. The molecule has 2 aliphatic carbocycles. The van der Waals surface area contributed by atoms with Crippen molar-refractivity contribution in [2.24, 2.45) is 0 Å². The van der Waals surface area contributed by atoms with Crippen LogP contribution in [0.3, 0.4) is 0 Å². The number of fused-ring (bicyclic) bond motifs is 6. The summed E-state index contributed by atoms with van der Waals surface area (Å²) in [5.41, 5.74) is 9.61. The molecule has 0 N–H and O–H groups in total. The van der Waals surface area contributed by atoms with E-state index in [2.05, 4.69) is 124 Å². The minimum absolute atomic E-state index is 0.0810. The van der Waals surface area contributed by atoms with E-state index in [9.17, 15) is 0 Å². The molecule has 0 heterocycles. The van der Waals surface area contributed by atoms with Crippen molar-refractivity contribution >= 4 is 28.5 Å². The van der Waals surface area contributed by atoms with E-state index in [1.165, 1.54) is 33.4 Å². The predicted octanol–water partition coefficient (Wildman–Crippen LogP) is 9.92. The van der Waals surface area contributed by atoms with Gasteiger partial charge in [-0.05, 0) is 0 Å². The Balaban J connectivity index is 1.64. The fourth-order valence-electron chi connectivity index (χ4n) is 6.64. The van der Waals surface area contributed by atoms with Crippen molar-refractivity contribution in [1.29, 1.82) is 0 Å². The summed E-state index contributed by atoms with van der Waals surface area (Å²) in [7, 11) is 15.0. The van der Waals surface area contributed by atoms with Crippen molar-refractivity contribution in [3.63, 3.8) is 0 Å². The van der Waals surface area contributed by atoms with Crippen LogP contribution in [0.15, 0.2) is 91.0 Å². The first-order valence-electron chi connectivity index (χ1n) is 13.6. The van der Waals surface area contributed by atoms with E-state index in [0.29, 0.717) is 0 Å². The molecule has 4 aromatic rings. The molecule has 0 aliphatic heterocycles. The molecule has 0 spiro atoms. The van der Waals surface area contributed by atoms with Crippen LogP contribution < -0.4 is 4.74 Å². The number of benzene rings is 4. The van der Waals surface area contributed by atoms with Gasteiger partial charge in [-0.3, -0.25) is 0 Å². The molecule has 39 heavy (non-hydrogen) atoms. The minimum atomic E-state index is -5.11. The Bertz CT molecular complexity index is 1630. The Morgan fingerprint density at radius 3 is 1.64 bits per heavy atom. The molecule has 0 amide bonds. The molecule has 1 unspecified atom stereocenters. The first-order valence-corrected chi connectivity index (χ1v) is 27.4. The molecule has 0 fully saturated rings. The fraction of sp³-hybridized carbons (Fsp3) is 0.242. The summed E-state index contributed by atoms with van der Waals surface area (Å²) in [6.45, 7) is 11.0. The normalized spacial score (nSPS) is 16.4. The van der Waals surface area contributed by atoms with Crippen molar-refractivity contribution < 1.29 is 25.1 Å². The van der Waals surface area contributed by atoms with Crippen LogP contribution in [0.5, 0.6) is 5.75 Å². The van der Waals surface area contributed by atoms with Crippen LogP contribution in [0, 0.1) is 0 Å². The molecule has 0 saturated carbocycles. The van der Waals surface area contributed by atoms with Crippen molar-refractivity contribution in [1.82, 2.24) is 0 Å². The quantitative estimate of drug-likeness (QED) is 0.153. The first-order chi connectivity index (χ1) is 18.5. The van der Waals surface area contributed by atoms with E-state index < -0.39 is 24.2 Å². The second-order valence-electron chi connectivity index (χ2n) is 12.0. The molecule has 1 atom stereocenters. The fourth-order valence-corrected chi connectivity index (χ4v) is 24.3. The maximum absolute atomic E-state index is 8.39. The standard InChI is InChI=1S/C17H19O2Si.C13H9.C3H6.2ClH.Zr/c1-20(2,3)19-12-18-17-10-6-9-15-14-8-5-4-7-13(14)11-16(15)17;1-3-7-12-10(5-1)9-11-6-2-4-8-13(11)12;1-3-2;;;/h4-11H,12H2,1-3H3;1-9H;1-2H3;2*1H;/q;;;;;+2/p-2. The third-order valence-electron chi connectivity index (χ3n) is 8.47. The number of hydrogen-bond donors (Lipinski definition) is 0. The van der Waals surface area contributed by atoms with Crippen LogP contribution in [0.25, 0.3) is 22.3 Å². The van der Waals surface area contributed by atoms with Crippen molar-refractivity contribution in [2.45, 2.75) is 40.7 Å². The van der Waals surface area contributed by atoms with Gasteiger partial charge in [0.15, 0.2) is 0 Å². The third kappa shape index (κ3) is 4.21. The molecule has 6 rings (SSSR count). The van der Waals surface area contributed by atoms with Gasteiger partial charge in [-0.25, -0.2) is 0 Å². The number of ether oxygens (including phenoxy) is 1. The SMILES string of the molecule is C[C](C)=[Zr]([Cl])([Cl])([CH]1c2ccccc2-c2ccccc21)[CH]1c2ccccc2-c2cccc(OCO[Si](C)(C)C)c21. The van der Waals surface area contributed by atoms with Gasteiger partial charge in [0.05, 0.1) is 0 Å². The molecule has 200 valence electrons. The van der Waals surface area contributed by atoms with Crippen LogP contribution in [0.2, 0.25) is 19.6 Å². The number of hydrogen-bond acceptors (Lipinski definition) is 2. The molecule has 0 saturated heterocycles. The zero-order valence-corrected chi connectivity index (χ0v) is 28.1. The Kier molecular flexibility index (Phi) is 6.76. The van der Waals surface area contributed by atoms with Gasteiger partial charge in [0.1, 0.15) is 0 Å². The van der Waals surface area contributed by atoms with Gasteiger partial charge >= 0.3 is 242 Å². The molecule has 6 heteroatoms. The van der Waals surface area contributed by atoms with Gasteiger partial charge in [0.2, 0.25) is 0 Å². The zero-order chi connectivity index (χ0) is 27.6. The third-order valence-corrected chi connectivity index (χ3v) is 32.0. The summed E-state index contributed by atoms with van der Waals surface area (Å²) < 4.78 is 13.4. The monoisotopic (exact) mass is 650 g/mol. The van der Waals surface area contributed by atoms with E-state index in [-0.39, 0.29) is 14.0 Å². The van der Waals surface area contributed by atoms with Crippen LogP contribution in [0.1, 0.15) is 43.4 Å². The van der Waals surface area contributed by atoms with Crippen LogP contribution in [-0.2, 0) is 20.3 Å². The maximum atomic E-state index is 8.39. The summed E-state index contributed by atoms with van der Waals surface area (Å²) in [6, 6.07) is 32.3. The number of halogens is 2. The Labute approximate surface area is 240 Å². The van der Waals surface area contributed by atoms with Crippen LogP contribution >= 0.6 is 17.0 Å².